The van der Waals surface area contributed by atoms with Gasteiger partial charge >= 0.3 is 0 Å². The standard InChI is InChI=1S/C12H12N4O/c1-8-3-2-4-9(7-8)17-12-10(11(13)14)5-6-15-16-12/h2-7H,1H3,(H3,13,14). The second-order valence-electron chi connectivity index (χ2n) is 3.58. The van der Waals surface area contributed by atoms with E-state index in [1.54, 1.807) is 6.07 Å². The van der Waals surface area contributed by atoms with Gasteiger partial charge in [0.05, 0.1) is 11.8 Å². The maximum Gasteiger partial charge on any atom is 0.249 e. The summed E-state index contributed by atoms with van der Waals surface area (Å²) < 4.78 is 5.56. The van der Waals surface area contributed by atoms with Crippen LogP contribution in [0.1, 0.15) is 11.1 Å². The lowest BCUT2D eigenvalue weighted by atomic mass is 10.2. The van der Waals surface area contributed by atoms with Crippen LogP contribution >= 0.6 is 0 Å². The van der Waals surface area contributed by atoms with Crippen LogP contribution in [0.2, 0.25) is 0 Å². The minimum Gasteiger partial charge on any atom is -0.437 e. The second-order valence-corrected chi connectivity index (χ2v) is 3.58. The molecule has 0 fully saturated rings. The number of hydrogen-bond acceptors (Lipinski definition) is 4. The molecule has 0 aliphatic carbocycles. The molecule has 5 heteroatoms. The Morgan fingerprint density at radius 1 is 1.35 bits per heavy atom. The largest absolute Gasteiger partial charge is 0.437 e. The van der Waals surface area contributed by atoms with Crippen molar-refractivity contribution >= 4 is 5.84 Å². The monoisotopic (exact) mass is 228 g/mol. The minimum atomic E-state index is -0.0949. The summed E-state index contributed by atoms with van der Waals surface area (Å²) in [5.74, 6) is 0.793. The Bertz CT molecular complexity index is 554. The van der Waals surface area contributed by atoms with Crippen LogP contribution in [0.25, 0.3) is 0 Å². The fourth-order valence-corrected chi connectivity index (χ4v) is 1.39. The lowest BCUT2D eigenvalue weighted by Crippen LogP contribution is -2.13. The van der Waals surface area contributed by atoms with Crippen LogP contribution in [0.3, 0.4) is 0 Å². The van der Waals surface area contributed by atoms with Gasteiger partial charge in [0, 0.05) is 0 Å². The number of benzene rings is 1. The molecule has 5 nitrogen and oxygen atoms in total. The summed E-state index contributed by atoms with van der Waals surface area (Å²) in [6.45, 7) is 1.97. The predicted octanol–water partition coefficient (Wildman–Crippen LogP) is 1.86. The van der Waals surface area contributed by atoms with Crippen LogP contribution in [-0.4, -0.2) is 16.0 Å². The third kappa shape index (κ3) is 2.57. The van der Waals surface area contributed by atoms with Gasteiger partial charge in [-0.25, -0.2) is 0 Å². The summed E-state index contributed by atoms with van der Waals surface area (Å²) in [6.07, 6.45) is 1.47. The van der Waals surface area contributed by atoms with E-state index < -0.39 is 0 Å². The van der Waals surface area contributed by atoms with Gasteiger partial charge in [-0.1, -0.05) is 12.1 Å². The zero-order chi connectivity index (χ0) is 12.3. The number of aryl methyl sites for hydroxylation is 1. The zero-order valence-corrected chi connectivity index (χ0v) is 9.34. The van der Waals surface area contributed by atoms with Crippen LogP contribution in [0, 0.1) is 12.3 Å². The van der Waals surface area contributed by atoms with Gasteiger partial charge in [0.1, 0.15) is 11.6 Å². The van der Waals surface area contributed by atoms with Crippen molar-refractivity contribution in [2.75, 3.05) is 0 Å². The van der Waals surface area contributed by atoms with Crippen LogP contribution in [0.15, 0.2) is 36.5 Å². The average molecular weight is 228 g/mol. The molecule has 0 amide bonds. The van der Waals surface area contributed by atoms with E-state index in [9.17, 15) is 0 Å². The van der Waals surface area contributed by atoms with Crippen LogP contribution < -0.4 is 10.5 Å². The number of nitrogens with one attached hydrogen (secondary N) is 1. The zero-order valence-electron chi connectivity index (χ0n) is 9.34. The number of amidine groups is 1. The molecule has 0 radical (unpaired) electrons. The second kappa shape index (κ2) is 4.61. The van der Waals surface area contributed by atoms with Crippen molar-refractivity contribution in [1.82, 2.24) is 10.2 Å². The molecule has 1 aromatic heterocycles. The highest BCUT2D eigenvalue weighted by Crippen LogP contribution is 2.22. The molecule has 0 atom stereocenters. The highest BCUT2D eigenvalue weighted by atomic mass is 16.5. The van der Waals surface area contributed by atoms with E-state index in [1.807, 2.05) is 31.2 Å². The van der Waals surface area contributed by atoms with E-state index >= 15 is 0 Å². The van der Waals surface area contributed by atoms with E-state index in [0.717, 1.165) is 5.56 Å². The normalized spacial score (nSPS) is 9.94. The van der Waals surface area contributed by atoms with Crippen LogP contribution in [0.5, 0.6) is 11.6 Å². The molecule has 0 bridgehead atoms. The van der Waals surface area contributed by atoms with Gasteiger partial charge in [-0.3, -0.25) is 5.41 Å². The van der Waals surface area contributed by atoms with Gasteiger partial charge in [0.25, 0.3) is 0 Å². The van der Waals surface area contributed by atoms with E-state index in [1.165, 1.54) is 6.20 Å². The van der Waals surface area contributed by atoms with Crippen molar-refractivity contribution in [2.24, 2.45) is 5.73 Å². The Morgan fingerprint density at radius 2 is 2.18 bits per heavy atom. The molecule has 86 valence electrons. The summed E-state index contributed by atoms with van der Waals surface area (Å²) in [5, 5.41) is 15.0. The molecule has 0 aliphatic rings. The lowest BCUT2D eigenvalue weighted by molar-refractivity contribution is 0.453. The highest BCUT2D eigenvalue weighted by Gasteiger charge is 2.09. The smallest absolute Gasteiger partial charge is 0.249 e. The number of nitrogens with zero attached hydrogens (tertiary/aromatic N) is 2. The Balaban J connectivity index is 2.33. The van der Waals surface area contributed by atoms with Crippen molar-refractivity contribution < 1.29 is 4.74 Å². The average Bonchev–Trinajstić information content (AvgIpc) is 2.29. The van der Waals surface area contributed by atoms with Crippen molar-refractivity contribution in [2.45, 2.75) is 6.92 Å². The van der Waals surface area contributed by atoms with Crippen molar-refractivity contribution in [3.05, 3.63) is 47.7 Å². The van der Waals surface area contributed by atoms with Gasteiger partial charge in [-0.2, -0.15) is 5.10 Å². The quantitative estimate of drug-likeness (QED) is 0.620. The first-order valence-corrected chi connectivity index (χ1v) is 5.07. The number of hydrogen-bond donors (Lipinski definition) is 2. The summed E-state index contributed by atoms with van der Waals surface area (Å²) in [6, 6.07) is 9.13. The summed E-state index contributed by atoms with van der Waals surface area (Å²) in [4.78, 5) is 0. The predicted molar refractivity (Wildman–Crippen MR) is 64.3 cm³/mol. The van der Waals surface area contributed by atoms with Gasteiger partial charge in [-0.05, 0) is 30.7 Å². The maximum atomic E-state index is 7.41. The Labute approximate surface area is 98.8 Å². The van der Waals surface area contributed by atoms with Gasteiger partial charge in [0.15, 0.2) is 0 Å². The SMILES string of the molecule is Cc1cccc(Oc2nnccc2C(=N)N)c1. The van der Waals surface area contributed by atoms with Crippen LogP contribution in [0.4, 0.5) is 0 Å². The number of nitrogen functional groups attached to an aromatic ring is 1. The molecule has 0 aliphatic heterocycles. The van der Waals surface area contributed by atoms with E-state index in [-0.39, 0.29) is 11.7 Å². The lowest BCUT2D eigenvalue weighted by Gasteiger charge is -2.08. The summed E-state index contributed by atoms with van der Waals surface area (Å²) >= 11 is 0. The fourth-order valence-electron chi connectivity index (χ4n) is 1.39. The highest BCUT2D eigenvalue weighted by molar-refractivity contribution is 5.96. The molecule has 2 aromatic rings. The van der Waals surface area contributed by atoms with E-state index in [4.69, 9.17) is 15.9 Å². The molecule has 0 unspecified atom stereocenters. The molecule has 0 saturated heterocycles. The Hall–Kier alpha value is -2.43. The molecule has 0 spiro atoms. The minimum absolute atomic E-state index is 0.0949. The number of nitrogens with two attached hydrogens (primary N) is 1. The first kappa shape index (κ1) is 11.1. The molecule has 3 N–H and O–H groups in total. The maximum absolute atomic E-state index is 7.41. The molecule has 17 heavy (non-hydrogen) atoms. The molecular weight excluding hydrogens is 216 g/mol. The first-order chi connectivity index (χ1) is 8.16. The first-order valence-electron chi connectivity index (χ1n) is 5.07. The van der Waals surface area contributed by atoms with E-state index in [0.29, 0.717) is 11.3 Å². The molecule has 2 rings (SSSR count). The molecule has 1 aromatic carbocycles. The fraction of sp³-hybridized carbons (Fsp3) is 0.0833. The third-order valence-corrected chi connectivity index (χ3v) is 2.18. The van der Waals surface area contributed by atoms with Gasteiger partial charge in [0.2, 0.25) is 5.88 Å². The van der Waals surface area contributed by atoms with Gasteiger partial charge in [-0.15, -0.1) is 5.10 Å². The number of ether oxygens (including phenoxy) is 1. The summed E-state index contributed by atoms with van der Waals surface area (Å²) in [5.41, 5.74) is 6.94. The molecule has 1 heterocycles. The van der Waals surface area contributed by atoms with Gasteiger partial charge < -0.3 is 10.5 Å². The van der Waals surface area contributed by atoms with Crippen molar-refractivity contribution in [3.8, 4) is 11.6 Å². The number of aromatic nitrogens is 2. The van der Waals surface area contributed by atoms with Crippen LogP contribution in [-0.2, 0) is 0 Å². The Morgan fingerprint density at radius 3 is 2.88 bits per heavy atom. The van der Waals surface area contributed by atoms with Crippen molar-refractivity contribution in [3.63, 3.8) is 0 Å². The van der Waals surface area contributed by atoms with Crippen molar-refractivity contribution in [1.29, 1.82) is 5.41 Å². The number of rotatable bonds is 3. The molecular formula is C12H12N4O. The Kier molecular flexibility index (Phi) is 3.00. The topological polar surface area (TPSA) is 84.9 Å². The summed E-state index contributed by atoms with van der Waals surface area (Å²) in [7, 11) is 0. The van der Waals surface area contributed by atoms with E-state index in [2.05, 4.69) is 10.2 Å². The third-order valence-electron chi connectivity index (χ3n) is 2.18. The molecule has 0 saturated carbocycles.